The second-order valence-electron chi connectivity index (χ2n) is 5.93. The molecule has 1 amide bonds. The van der Waals surface area contributed by atoms with Crippen molar-refractivity contribution in [2.24, 2.45) is 5.10 Å². The van der Waals surface area contributed by atoms with Crippen molar-refractivity contribution in [1.29, 1.82) is 0 Å². The smallest absolute Gasteiger partial charge is 0.292 e. The van der Waals surface area contributed by atoms with E-state index in [0.29, 0.717) is 11.4 Å². The Bertz CT molecular complexity index is 1070. The summed E-state index contributed by atoms with van der Waals surface area (Å²) in [5.74, 6) is -1.27. The van der Waals surface area contributed by atoms with Gasteiger partial charge in [0.05, 0.1) is 10.6 Å². The molecule has 2 aromatic rings. The van der Waals surface area contributed by atoms with Crippen molar-refractivity contribution >= 4 is 33.1 Å². The number of nitrogen functional groups attached to an aromatic ring is 1. The van der Waals surface area contributed by atoms with Gasteiger partial charge in [0.25, 0.3) is 15.9 Å². The molecule has 0 fully saturated rings. The van der Waals surface area contributed by atoms with Crippen LogP contribution >= 0.6 is 0 Å². The average Bonchev–Trinajstić information content (AvgIpc) is 2.65. The summed E-state index contributed by atoms with van der Waals surface area (Å²) in [6.45, 7) is 1.68. The van der Waals surface area contributed by atoms with Gasteiger partial charge in [-0.3, -0.25) is 9.10 Å². The SMILES string of the molecule is C/C(=N\NC(=O)C1=C(O)c2ccccc2S(=O)(=O)N1C)c1ccc(N)cc1. The number of hydrazone groups is 1. The number of amides is 1. The number of hydrogen-bond acceptors (Lipinski definition) is 6. The summed E-state index contributed by atoms with van der Waals surface area (Å²) < 4.78 is 26.0. The van der Waals surface area contributed by atoms with Crippen molar-refractivity contribution < 1.29 is 18.3 Å². The number of fused-ring (bicyclic) bond motifs is 1. The van der Waals surface area contributed by atoms with Crippen LogP contribution < -0.4 is 11.2 Å². The van der Waals surface area contributed by atoms with Crippen LogP contribution in [0.2, 0.25) is 0 Å². The average molecular weight is 386 g/mol. The fraction of sp³-hybridized carbons (Fsp3) is 0.111. The van der Waals surface area contributed by atoms with Crippen molar-refractivity contribution in [3.05, 3.63) is 65.4 Å². The predicted molar refractivity (Wildman–Crippen MR) is 102 cm³/mol. The largest absolute Gasteiger partial charge is 0.505 e. The predicted octanol–water partition coefficient (Wildman–Crippen LogP) is 1.67. The summed E-state index contributed by atoms with van der Waals surface area (Å²) in [6, 6.07) is 12.8. The molecule has 27 heavy (non-hydrogen) atoms. The van der Waals surface area contributed by atoms with Gasteiger partial charge < -0.3 is 10.8 Å². The summed E-state index contributed by atoms with van der Waals surface area (Å²) in [5, 5.41) is 14.4. The van der Waals surface area contributed by atoms with E-state index in [0.717, 1.165) is 9.87 Å². The van der Waals surface area contributed by atoms with E-state index in [1.54, 1.807) is 43.3 Å². The van der Waals surface area contributed by atoms with Gasteiger partial charge >= 0.3 is 0 Å². The molecular formula is C18H18N4O4S. The molecule has 0 aromatic heterocycles. The maximum atomic E-state index is 12.6. The highest BCUT2D eigenvalue weighted by molar-refractivity contribution is 7.89. The van der Waals surface area contributed by atoms with Crippen molar-refractivity contribution in [1.82, 2.24) is 9.73 Å². The van der Waals surface area contributed by atoms with Gasteiger partial charge in [-0.25, -0.2) is 13.8 Å². The Morgan fingerprint density at radius 1 is 1.15 bits per heavy atom. The van der Waals surface area contributed by atoms with Gasteiger partial charge in [0.1, 0.15) is 0 Å². The van der Waals surface area contributed by atoms with Gasteiger partial charge in [-0.15, -0.1) is 0 Å². The van der Waals surface area contributed by atoms with Crippen molar-refractivity contribution in [2.45, 2.75) is 11.8 Å². The number of nitrogens with two attached hydrogens (primary N) is 1. The first-order chi connectivity index (χ1) is 12.7. The second-order valence-corrected chi connectivity index (χ2v) is 7.86. The molecule has 4 N–H and O–H groups in total. The molecule has 140 valence electrons. The third-order valence-electron chi connectivity index (χ3n) is 4.19. The number of likely N-dealkylation sites (N-methyl/N-ethyl adjacent to an activating group) is 1. The van der Waals surface area contributed by atoms with E-state index in [4.69, 9.17) is 5.73 Å². The first-order valence-corrected chi connectivity index (χ1v) is 9.39. The lowest BCUT2D eigenvalue weighted by atomic mass is 10.1. The topological polar surface area (TPSA) is 125 Å². The van der Waals surface area contributed by atoms with E-state index in [2.05, 4.69) is 10.5 Å². The van der Waals surface area contributed by atoms with Crippen molar-refractivity contribution in [3.8, 4) is 0 Å². The van der Waals surface area contributed by atoms with Crippen LogP contribution in [0.3, 0.4) is 0 Å². The maximum absolute atomic E-state index is 12.6. The van der Waals surface area contributed by atoms with Crippen LogP contribution in [0.25, 0.3) is 5.76 Å². The number of nitrogens with one attached hydrogen (secondary N) is 1. The molecule has 1 aliphatic rings. The minimum absolute atomic E-state index is 0.0666. The molecule has 0 saturated carbocycles. The highest BCUT2D eigenvalue weighted by Gasteiger charge is 2.37. The van der Waals surface area contributed by atoms with Crippen LogP contribution in [0.15, 0.2) is 64.2 Å². The molecule has 0 radical (unpaired) electrons. The number of hydrogen-bond donors (Lipinski definition) is 3. The van der Waals surface area contributed by atoms with Crippen molar-refractivity contribution in [2.75, 3.05) is 12.8 Å². The summed E-state index contributed by atoms with van der Waals surface area (Å²) in [6.07, 6.45) is 0. The summed E-state index contributed by atoms with van der Waals surface area (Å²) in [7, 11) is -2.75. The van der Waals surface area contributed by atoms with Gasteiger partial charge in [-0.05, 0) is 36.8 Å². The molecule has 3 rings (SSSR count). The van der Waals surface area contributed by atoms with E-state index >= 15 is 0 Å². The van der Waals surface area contributed by atoms with Crippen LogP contribution in [0.5, 0.6) is 0 Å². The standard InChI is InChI=1S/C18H18N4O4S/c1-11(12-7-9-13(19)10-8-12)20-21-18(24)16-17(23)14-5-3-4-6-15(14)27(25,26)22(16)2/h3-10,23H,19H2,1-2H3,(H,21,24)/b20-11+. The Labute approximate surface area is 156 Å². The molecule has 0 aliphatic carbocycles. The van der Waals surface area contributed by atoms with Crippen LogP contribution in [0, 0.1) is 0 Å². The maximum Gasteiger partial charge on any atom is 0.292 e. The molecule has 0 spiro atoms. The zero-order valence-corrected chi connectivity index (χ0v) is 15.5. The number of aliphatic hydroxyl groups excluding tert-OH is 1. The lowest BCUT2D eigenvalue weighted by Crippen LogP contribution is -2.38. The van der Waals surface area contributed by atoms with Crippen molar-refractivity contribution in [3.63, 3.8) is 0 Å². The number of nitrogens with zero attached hydrogens (tertiary/aromatic N) is 2. The number of carbonyl (C=O) groups is 1. The molecule has 0 bridgehead atoms. The Balaban J connectivity index is 1.94. The summed E-state index contributed by atoms with van der Waals surface area (Å²) in [5.41, 5.74) is 9.41. The van der Waals surface area contributed by atoms with Crippen LogP contribution in [0.1, 0.15) is 18.1 Å². The Morgan fingerprint density at radius 2 is 1.78 bits per heavy atom. The monoisotopic (exact) mass is 386 g/mol. The van der Waals surface area contributed by atoms with Gasteiger partial charge in [-0.1, -0.05) is 24.3 Å². The van der Waals surface area contributed by atoms with Crippen LogP contribution in [-0.4, -0.2) is 36.5 Å². The highest BCUT2D eigenvalue weighted by atomic mass is 32.2. The number of carbonyl (C=O) groups excluding carboxylic acids is 1. The normalized spacial score (nSPS) is 16.1. The lowest BCUT2D eigenvalue weighted by molar-refractivity contribution is -0.118. The highest BCUT2D eigenvalue weighted by Crippen LogP contribution is 2.34. The van der Waals surface area contributed by atoms with Gasteiger partial charge in [0.15, 0.2) is 11.5 Å². The van der Waals surface area contributed by atoms with E-state index in [-0.39, 0.29) is 10.5 Å². The zero-order chi connectivity index (χ0) is 19.8. The second kappa shape index (κ2) is 6.76. The molecule has 0 saturated heterocycles. The molecule has 0 atom stereocenters. The van der Waals surface area contributed by atoms with Gasteiger partial charge in [-0.2, -0.15) is 5.10 Å². The van der Waals surface area contributed by atoms with Gasteiger partial charge in [0.2, 0.25) is 0 Å². The Morgan fingerprint density at radius 3 is 2.44 bits per heavy atom. The minimum Gasteiger partial charge on any atom is -0.505 e. The number of anilines is 1. The molecule has 0 unspecified atom stereocenters. The molecule has 2 aromatic carbocycles. The number of sulfonamides is 1. The van der Waals surface area contributed by atoms with E-state index in [1.165, 1.54) is 19.2 Å². The molecular weight excluding hydrogens is 368 g/mol. The van der Waals surface area contributed by atoms with Crippen LogP contribution in [-0.2, 0) is 14.8 Å². The van der Waals surface area contributed by atoms with Gasteiger partial charge in [0, 0.05) is 18.3 Å². The molecule has 9 heteroatoms. The zero-order valence-electron chi connectivity index (χ0n) is 14.7. The summed E-state index contributed by atoms with van der Waals surface area (Å²) >= 11 is 0. The molecule has 1 aliphatic heterocycles. The third kappa shape index (κ3) is 3.24. The lowest BCUT2D eigenvalue weighted by Gasteiger charge is -2.27. The molecule has 1 heterocycles. The number of benzene rings is 2. The van der Waals surface area contributed by atoms with E-state index in [9.17, 15) is 18.3 Å². The Kier molecular flexibility index (Phi) is 4.63. The number of rotatable bonds is 3. The summed E-state index contributed by atoms with van der Waals surface area (Å²) in [4.78, 5) is 12.5. The first-order valence-electron chi connectivity index (χ1n) is 7.95. The van der Waals surface area contributed by atoms with Crippen LogP contribution in [0.4, 0.5) is 5.69 Å². The first kappa shape index (κ1) is 18.5. The fourth-order valence-corrected chi connectivity index (χ4v) is 4.06. The minimum atomic E-state index is -3.95. The Hall–Kier alpha value is -3.33. The molecule has 8 nitrogen and oxygen atoms in total. The third-order valence-corrected chi connectivity index (χ3v) is 6.00. The number of aliphatic hydroxyl groups is 1. The van der Waals surface area contributed by atoms with E-state index < -0.39 is 27.4 Å². The fourth-order valence-electron chi connectivity index (χ4n) is 2.66. The quantitative estimate of drug-likeness (QED) is 0.420. The van der Waals surface area contributed by atoms with E-state index in [1.807, 2.05) is 0 Å².